The number of carbonyl (C=O) groups is 2. The highest BCUT2D eigenvalue weighted by atomic mass is 35.5. The zero-order valence-electron chi connectivity index (χ0n) is 18.2. The predicted molar refractivity (Wildman–Crippen MR) is 119 cm³/mol. The molecule has 3 amide bonds. The van der Waals surface area contributed by atoms with E-state index in [9.17, 15) is 18.0 Å². The van der Waals surface area contributed by atoms with Crippen molar-refractivity contribution >= 4 is 39.2 Å². The van der Waals surface area contributed by atoms with Crippen molar-refractivity contribution in [1.29, 1.82) is 0 Å². The Balaban J connectivity index is 2.35. The smallest absolute Gasteiger partial charge is 0.333 e. The Kier molecular flexibility index (Phi) is 7.61. The van der Waals surface area contributed by atoms with E-state index < -0.39 is 27.0 Å². The summed E-state index contributed by atoms with van der Waals surface area (Å²) in [5, 5.41) is 9.74. The molecule has 2 N–H and O–H groups in total. The predicted octanol–water partition coefficient (Wildman–Crippen LogP) is 3.59. The molecule has 1 aromatic heterocycles. The largest absolute Gasteiger partial charge is 0.345 e. The normalized spacial score (nSPS) is 11.5. The molecule has 2 rings (SSSR count). The van der Waals surface area contributed by atoms with Crippen molar-refractivity contribution in [2.75, 3.05) is 19.4 Å². The van der Waals surface area contributed by atoms with Gasteiger partial charge >= 0.3 is 6.03 Å². The molecule has 2 aromatic rings. The van der Waals surface area contributed by atoms with E-state index in [1.807, 2.05) is 32.4 Å². The minimum absolute atomic E-state index is 0.0303. The van der Waals surface area contributed by atoms with Crippen LogP contribution >= 0.6 is 11.6 Å². The number of aromatic nitrogens is 2. The summed E-state index contributed by atoms with van der Waals surface area (Å²) in [5.41, 5.74) is 2.09. The summed E-state index contributed by atoms with van der Waals surface area (Å²) in [6.07, 6.45) is 1.15. The Morgan fingerprint density at radius 3 is 2.06 bits per heavy atom. The number of sulfonamides is 1. The molecule has 0 saturated carbocycles. The molecule has 31 heavy (non-hydrogen) atoms. The van der Waals surface area contributed by atoms with Gasteiger partial charge in [0.05, 0.1) is 11.8 Å². The van der Waals surface area contributed by atoms with Gasteiger partial charge < -0.3 is 10.2 Å². The Bertz CT molecular complexity index is 1070. The molecule has 1 heterocycles. The Morgan fingerprint density at radius 1 is 1.03 bits per heavy atom. The van der Waals surface area contributed by atoms with Crippen LogP contribution in [-0.4, -0.2) is 49.5 Å². The van der Waals surface area contributed by atoms with Crippen molar-refractivity contribution in [3.63, 3.8) is 0 Å². The van der Waals surface area contributed by atoms with Crippen molar-refractivity contribution in [3.05, 3.63) is 46.1 Å². The topological polar surface area (TPSA) is 121 Å². The number of halogens is 1. The van der Waals surface area contributed by atoms with Crippen LogP contribution in [0.5, 0.6) is 0 Å². The van der Waals surface area contributed by atoms with Crippen LogP contribution in [0.2, 0.25) is 5.02 Å². The molecule has 0 aliphatic rings. The molecule has 0 bridgehead atoms. The molecular weight excluding hydrogens is 442 g/mol. The van der Waals surface area contributed by atoms with Gasteiger partial charge in [-0.05, 0) is 41.2 Å². The molecule has 0 aliphatic carbocycles. The van der Waals surface area contributed by atoms with Gasteiger partial charge in [-0.25, -0.2) is 9.52 Å². The SMILES string of the molecule is CC(C)c1cc(Cl)cc(C(C)C)c1NC(=O)NS(=O)(=O)c1cc(C(=O)N(C)C)cnn1. The number of urea groups is 1. The first-order valence-corrected chi connectivity index (χ1v) is 11.4. The first-order valence-electron chi connectivity index (χ1n) is 9.55. The summed E-state index contributed by atoms with van der Waals surface area (Å²) in [6, 6.07) is 3.58. The molecule has 9 nitrogen and oxygen atoms in total. The molecule has 0 spiro atoms. The standard InChI is InChI=1S/C20H26ClN5O4S/c1-11(2)15-8-14(21)9-16(12(3)4)18(15)23-20(28)25-31(29,30)17-7-13(10-22-24-17)19(27)26(5)6/h7-12H,1-6H3,(H2,23,25,28). The van der Waals surface area contributed by atoms with E-state index in [1.165, 1.54) is 19.0 Å². The van der Waals surface area contributed by atoms with E-state index in [-0.39, 0.29) is 17.4 Å². The number of nitrogens with one attached hydrogen (secondary N) is 2. The van der Waals surface area contributed by atoms with E-state index in [2.05, 4.69) is 15.5 Å². The first kappa shape index (κ1) is 24.5. The second-order valence-corrected chi connectivity index (χ2v) is 9.88. The van der Waals surface area contributed by atoms with E-state index in [0.717, 1.165) is 23.4 Å². The fourth-order valence-corrected chi connectivity index (χ4v) is 3.94. The monoisotopic (exact) mass is 467 g/mol. The summed E-state index contributed by atoms with van der Waals surface area (Å²) in [7, 11) is -1.33. The van der Waals surface area contributed by atoms with Gasteiger partial charge in [0.2, 0.25) is 0 Å². The zero-order valence-corrected chi connectivity index (χ0v) is 19.8. The van der Waals surface area contributed by atoms with Gasteiger partial charge in [-0.3, -0.25) is 4.79 Å². The third-order valence-electron chi connectivity index (χ3n) is 4.43. The summed E-state index contributed by atoms with van der Waals surface area (Å²) >= 11 is 6.23. The Labute approximate surface area is 187 Å². The molecule has 0 atom stereocenters. The molecule has 0 aliphatic heterocycles. The average molecular weight is 468 g/mol. The van der Waals surface area contributed by atoms with Crippen LogP contribution in [0.3, 0.4) is 0 Å². The maximum Gasteiger partial charge on any atom is 0.333 e. The van der Waals surface area contributed by atoms with Crippen LogP contribution in [0.15, 0.2) is 29.4 Å². The summed E-state index contributed by atoms with van der Waals surface area (Å²) < 4.78 is 27.2. The van der Waals surface area contributed by atoms with Gasteiger partial charge in [0.15, 0.2) is 5.03 Å². The highest BCUT2D eigenvalue weighted by molar-refractivity contribution is 7.90. The van der Waals surface area contributed by atoms with Crippen LogP contribution in [0, 0.1) is 0 Å². The number of benzene rings is 1. The van der Waals surface area contributed by atoms with Crippen molar-refractivity contribution < 1.29 is 18.0 Å². The van der Waals surface area contributed by atoms with Crippen molar-refractivity contribution in [1.82, 2.24) is 19.8 Å². The third-order valence-corrected chi connectivity index (χ3v) is 5.86. The summed E-state index contributed by atoms with van der Waals surface area (Å²) in [6.45, 7) is 7.77. The molecule has 1 aromatic carbocycles. The lowest BCUT2D eigenvalue weighted by molar-refractivity contribution is 0.0826. The summed E-state index contributed by atoms with van der Waals surface area (Å²) in [5.74, 6) is -0.384. The average Bonchev–Trinajstić information content (AvgIpc) is 2.67. The van der Waals surface area contributed by atoms with Gasteiger partial charge in [0.25, 0.3) is 15.9 Å². The lowest BCUT2D eigenvalue weighted by Crippen LogP contribution is -2.35. The zero-order chi connectivity index (χ0) is 23.5. The minimum atomic E-state index is -4.37. The minimum Gasteiger partial charge on any atom is -0.345 e. The molecule has 0 saturated heterocycles. The van der Waals surface area contributed by atoms with Crippen molar-refractivity contribution in [2.24, 2.45) is 0 Å². The van der Waals surface area contributed by atoms with Gasteiger partial charge in [0, 0.05) is 24.8 Å². The fraction of sp³-hybridized carbons (Fsp3) is 0.400. The maximum atomic E-state index is 12.6. The lowest BCUT2D eigenvalue weighted by Gasteiger charge is -2.21. The number of nitrogens with zero attached hydrogens (tertiary/aromatic N) is 3. The fourth-order valence-electron chi connectivity index (χ4n) is 2.87. The Hall–Kier alpha value is -2.72. The highest BCUT2D eigenvalue weighted by Gasteiger charge is 2.24. The number of anilines is 1. The van der Waals surface area contributed by atoms with E-state index in [4.69, 9.17) is 11.6 Å². The van der Waals surface area contributed by atoms with Gasteiger partial charge in [0.1, 0.15) is 0 Å². The van der Waals surface area contributed by atoms with Crippen molar-refractivity contribution in [2.45, 2.75) is 44.6 Å². The van der Waals surface area contributed by atoms with Gasteiger partial charge in [-0.15, -0.1) is 5.10 Å². The number of amides is 3. The van der Waals surface area contributed by atoms with Crippen LogP contribution < -0.4 is 10.0 Å². The molecule has 168 valence electrons. The van der Waals surface area contributed by atoms with Crippen LogP contribution in [-0.2, 0) is 10.0 Å². The van der Waals surface area contributed by atoms with E-state index in [0.29, 0.717) is 10.7 Å². The lowest BCUT2D eigenvalue weighted by atomic mass is 9.92. The number of hydrogen-bond donors (Lipinski definition) is 2. The van der Waals surface area contributed by atoms with Crippen molar-refractivity contribution in [3.8, 4) is 0 Å². The summed E-state index contributed by atoms with van der Waals surface area (Å²) in [4.78, 5) is 25.9. The van der Waals surface area contributed by atoms with Gasteiger partial charge in [-0.2, -0.15) is 13.5 Å². The van der Waals surface area contributed by atoms with Gasteiger partial charge in [-0.1, -0.05) is 39.3 Å². The molecule has 0 fully saturated rings. The number of hydrogen-bond acceptors (Lipinski definition) is 6. The van der Waals surface area contributed by atoms with Crippen LogP contribution in [0.4, 0.5) is 10.5 Å². The molecule has 0 unspecified atom stereocenters. The quantitative estimate of drug-likeness (QED) is 0.669. The second-order valence-electron chi connectivity index (χ2n) is 7.81. The molecular formula is C20H26ClN5O4S. The molecule has 11 heteroatoms. The Morgan fingerprint density at radius 2 is 1.58 bits per heavy atom. The van der Waals surface area contributed by atoms with E-state index in [1.54, 1.807) is 12.1 Å². The second kappa shape index (κ2) is 9.61. The van der Waals surface area contributed by atoms with Crippen LogP contribution in [0.1, 0.15) is 61.0 Å². The van der Waals surface area contributed by atoms with Crippen LogP contribution in [0.25, 0.3) is 0 Å². The molecule has 0 radical (unpaired) electrons. The van der Waals surface area contributed by atoms with E-state index >= 15 is 0 Å². The number of carbonyl (C=O) groups excluding carboxylic acids is 2. The maximum absolute atomic E-state index is 12.6. The highest BCUT2D eigenvalue weighted by Crippen LogP contribution is 2.35. The third kappa shape index (κ3) is 5.92. The first-order chi connectivity index (χ1) is 14.3. The number of rotatable bonds is 6.